The monoisotopic (exact) mass is 929 g/mol. The predicted octanol–water partition coefficient (Wildman–Crippen LogP) is 12.0. The number of thiocarbonyl (C=S) groups is 1. The fourth-order valence-electron chi connectivity index (χ4n) is 9.55. The van der Waals surface area contributed by atoms with Gasteiger partial charge >= 0.3 is 5.97 Å². The van der Waals surface area contributed by atoms with Gasteiger partial charge in [-0.1, -0.05) is 100 Å². The summed E-state index contributed by atoms with van der Waals surface area (Å²) in [4.78, 5) is 13.2. The van der Waals surface area contributed by atoms with E-state index in [0.29, 0.717) is 4.38 Å². The molecule has 14 heteroatoms. The highest BCUT2D eigenvalue weighted by Crippen LogP contribution is 2.50. The molecule has 1 aromatic carbocycles. The number of thioether (sulfide) groups is 1. The number of carbonyl (C=O) groups excluding carboxylic acids is 1. The molecule has 0 aliphatic carbocycles. The zero-order valence-corrected chi connectivity index (χ0v) is 45.1. The van der Waals surface area contributed by atoms with Gasteiger partial charge in [0, 0.05) is 35.3 Å². The molecule has 2 fully saturated rings. The average molecular weight is 929 g/mol. The zero-order valence-electron chi connectivity index (χ0n) is 41.5. The molecule has 2 heterocycles. The summed E-state index contributed by atoms with van der Waals surface area (Å²) in [7, 11) is -1.47. The molecule has 1 aromatic rings. The van der Waals surface area contributed by atoms with E-state index in [1.54, 1.807) is 7.11 Å². The second kappa shape index (κ2) is 21.9. The first-order chi connectivity index (χ1) is 28.3. The smallest absolute Gasteiger partial charge is 0.311 e. The predicted molar refractivity (Wildman–Crippen MR) is 257 cm³/mol. The molecule has 0 aromatic heterocycles. The van der Waals surface area contributed by atoms with Crippen LogP contribution in [0.5, 0.6) is 5.75 Å². The van der Waals surface area contributed by atoms with Crippen LogP contribution in [0.2, 0.25) is 36.3 Å². The fraction of sp³-hybridized carbons (Fsp3) is 0.830. The standard InChI is InChI=1S/C47H84O10S2Si2/c1-21-36(56-60(19,20)45(10,11)12)29(5)37-30(6)38(52-43(51-37)34-25-27-35(49-16)28-26-34)31(7)40(53-44(58)59-18)47(15,57-61(22-2,23-3)24-4)41-32(8)39(33(9)42(48)50-17)54-46(13,14)55-41/h25-33,36-41,43H,21-24H2,1-20H3/t29-,30+,31-,32-,33+,36+,37-,38+,39-,40+,41+,43-,47+/m0/s1. The molecule has 2 aliphatic rings. The number of hydrogen-bond donors (Lipinski definition) is 0. The Morgan fingerprint density at radius 3 is 1.87 bits per heavy atom. The number of carbonyl (C=O) groups is 1. The maximum absolute atomic E-state index is 13.2. The number of benzene rings is 1. The maximum Gasteiger partial charge on any atom is 0.311 e. The summed E-state index contributed by atoms with van der Waals surface area (Å²) in [6, 6.07) is 10.6. The summed E-state index contributed by atoms with van der Waals surface area (Å²) in [6.07, 6.45) is -0.281. The van der Waals surface area contributed by atoms with Gasteiger partial charge in [-0.15, -0.1) is 0 Å². The lowest BCUT2D eigenvalue weighted by atomic mass is 9.72. The summed E-state index contributed by atoms with van der Waals surface area (Å²) in [5.74, 6) is -1.88. The summed E-state index contributed by atoms with van der Waals surface area (Å²) in [5.41, 5.74) is -0.189. The Morgan fingerprint density at radius 2 is 1.41 bits per heavy atom. The molecule has 2 saturated heterocycles. The van der Waals surface area contributed by atoms with Gasteiger partial charge in [-0.05, 0) is 101 Å². The SMILES string of the molecule is CC[C@@H](O[Si](C)(C)C(C)(C)C)[C@H](C)[C@@H]1O[C@H](c2ccc(OC)cc2)O[C@@H]([C@H](C)[C@@H](OC(=S)SC)[C@@](C)(O[Si](CC)(CC)CC)[C@@H]2OC(C)(C)O[C@H]([C@@H](C)C(=O)OC)[C@@H]2C)[C@@H]1C. The van der Waals surface area contributed by atoms with Gasteiger partial charge in [-0.25, -0.2) is 0 Å². The summed E-state index contributed by atoms with van der Waals surface area (Å²) >= 11 is 7.36. The summed E-state index contributed by atoms with van der Waals surface area (Å²) in [5, 5.41) is 0.0509. The third-order valence-corrected chi connectivity index (χ3v) is 24.8. The first-order valence-corrected chi connectivity index (χ1v) is 29.8. The largest absolute Gasteiger partial charge is 0.497 e. The van der Waals surface area contributed by atoms with E-state index in [9.17, 15) is 4.79 Å². The van der Waals surface area contributed by atoms with Gasteiger partial charge in [0.15, 0.2) is 28.7 Å². The molecule has 0 N–H and O–H groups in total. The normalized spacial score (nSPS) is 28.4. The van der Waals surface area contributed by atoms with Crippen LogP contribution in [0.3, 0.4) is 0 Å². The van der Waals surface area contributed by atoms with Crippen molar-refractivity contribution in [1.82, 2.24) is 0 Å². The number of ether oxygens (including phenoxy) is 7. The number of rotatable bonds is 19. The van der Waals surface area contributed by atoms with E-state index in [1.165, 1.54) is 18.9 Å². The molecule has 3 rings (SSSR count). The number of esters is 1. The van der Waals surface area contributed by atoms with Crippen molar-refractivity contribution < 1.29 is 46.8 Å². The van der Waals surface area contributed by atoms with E-state index in [0.717, 1.165) is 35.9 Å². The lowest BCUT2D eigenvalue weighted by Crippen LogP contribution is -2.69. The lowest BCUT2D eigenvalue weighted by Gasteiger charge is -2.57. The molecule has 13 atom stereocenters. The van der Waals surface area contributed by atoms with Crippen LogP contribution in [0.4, 0.5) is 0 Å². The van der Waals surface area contributed by atoms with Gasteiger partial charge < -0.3 is 42.0 Å². The van der Waals surface area contributed by atoms with Gasteiger partial charge in [0.2, 0.25) is 4.38 Å². The second-order valence-electron chi connectivity index (χ2n) is 19.9. The van der Waals surface area contributed by atoms with Crippen molar-refractivity contribution in [3.63, 3.8) is 0 Å². The van der Waals surface area contributed by atoms with Crippen molar-refractivity contribution in [2.24, 2.45) is 29.6 Å². The number of hydrogen-bond acceptors (Lipinski definition) is 12. The van der Waals surface area contributed by atoms with Crippen LogP contribution in [0.25, 0.3) is 0 Å². The number of methoxy groups -OCH3 is 2. The molecule has 2 aliphatic heterocycles. The Balaban J connectivity index is 2.33. The van der Waals surface area contributed by atoms with Crippen molar-refractivity contribution in [2.75, 3.05) is 20.5 Å². The molecule has 352 valence electrons. The van der Waals surface area contributed by atoms with Crippen molar-refractivity contribution in [2.45, 2.75) is 201 Å². The minimum absolute atomic E-state index is 0.0265. The first-order valence-electron chi connectivity index (χ1n) is 22.8. The van der Waals surface area contributed by atoms with Crippen LogP contribution < -0.4 is 4.74 Å². The molecule has 0 unspecified atom stereocenters. The van der Waals surface area contributed by atoms with Gasteiger partial charge in [0.1, 0.15) is 17.5 Å². The van der Waals surface area contributed by atoms with E-state index in [2.05, 4.69) is 96.2 Å². The fourth-order valence-corrected chi connectivity index (χ4v) is 14.4. The van der Waals surface area contributed by atoms with Gasteiger partial charge in [0.05, 0.1) is 44.6 Å². The van der Waals surface area contributed by atoms with E-state index in [1.807, 2.05) is 51.3 Å². The molecule has 0 spiro atoms. The Kier molecular flexibility index (Phi) is 19.5. The Morgan fingerprint density at radius 1 is 0.869 bits per heavy atom. The van der Waals surface area contributed by atoms with Crippen LogP contribution in [-0.2, 0) is 42.1 Å². The Bertz CT molecular complexity index is 1540. The first kappa shape index (κ1) is 54.3. The van der Waals surface area contributed by atoms with Crippen LogP contribution in [0, 0.1) is 29.6 Å². The van der Waals surface area contributed by atoms with Gasteiger partial charge in [0.25, 0.3) is 0 Å². The van der Waals surface area contributed by atoms with Crippen LogP contribution in [0.1, 0.15) is 122 Å². The Labute approximate surface area is 382 Å². The molecule has 0 radical (unpaired) electrons. The molecular formula is C47H84O10S2Si2. The van der Waals surface area contributed by atoms with Gasteiger partial charge in [-0.3, -0.25) is 4.79 Å². The molecule has 0 saturated carbocycles. The second-order valence-corrected chi connectivity index (χ2v) is 30.8. The van der Waals surface area contributed by atoms with Crippen molar-refractivity contribution in [3.8, 4) is 5.75 Å². The van der Waals surface area contributed by atoms with Crippen LogP contribution >= 0.6 is 24.0 Å². The van der Waals surface area contributed by atoms with Crippen LogP contribution in [-0.4, -0.2) is 95.5 Å². The van der Waals surface area contributed by atoms with E-state index >= 15 is 0 Å². The molecule has 10 nitrogen and oxygen atoms in total. The zero-order chi connectivity index (χ0) is 46.5. The lowest BCUT2D eigenvalue weighted by molar-refractivity contribution is -0.358. The van der Waals surface area contributed by atoms with Crippen molar-refractivity contribution in [3.05, 3.63) is 29.8 Å². The molecular weight excluding hydrogens is 845 g/mol. The minimum Gasteiger partial charge on any atom is -0.497 e. The summed E-state index contributed by atoms with van der Waals surface area (Å²) < 4.78 is 61.3. The van der Waals surface area contributed by atoms with Gasteiger partial charge in [-0.2, -0.15) is 0 Å². The molecule has 0 bridgehead atoms. The van der Waals surface area contributed by atoms with E-state index in [-0.39, 0.29) is 53.0 Å². The van der Waals surface area contributed by atoms with Crippen LogP contribution in [0.15, 0.2) is 24.3 Å². The van der Waals surface area contributed by atoms with E-state index < -0.39 is 58.5 Å². The maximum atomic E-state index is 13.2. The Hall–Kier alpha value is -1.08. The highest BCUT2D eigenvalue weighted by Gasteiger charge is 2.61. The van der Waals surface area contributed by atoms with Crippen molar-refractivity contribution in [1.29, 1.82) is 0 Å². The third kappa shape index (κ3) is 12.4. The topological polar surface area (TPSA) is 100 Å². The third-order valence-electron chi connectivity index (χ3n) is 14.5. The van der Waals surface area contributed by atoms with Crippen molar-refractivity contribution >= 4 is 51.0 Å². The molecule has 61 heavy (non-hydrogen) atoms. The molecule has 0 amide bonds. The summed E-state index contributed by atoms with van der Waals surface area (Å²) in [6.45, 7) is 37.0. The van der Waals surface area contributed by atoms with E-state index in [4.69, 9.17) is 54.2 Å². The average Bonchev–Trinajstić information content (AvgIpc) is 3.22. The minimum atomic E-state index is -2.42. The highest BCUT2D eigenvalue weighted by atomic mass is 32.2. The quantitative estimate of drug-likeness (QED) is 0.0750. The highest BCUT2D eigenvalue weighted by molar-refractivity contribution is 8.22.